The van der Waals surface area contributed by atoms with Gasteiger partial charge >= 0.3 is 0 Å². The third-order valence-electron chi connectivity index (χ3n) is 2.76. The lowest BCUT2D eigenvalue weighted by molar-refractivity contribution is 0.0624. The van der Waals surface area contributed by atoms with Gasteiger partial charge in [-0.2, -0.15) is 0 Å². The monoisotopic (exact) mass is 254 g/mol. The van der Waals surface area contributed by atoms with E-state index < -0.39 is 0 Å². The third kappa shape index (κ3) is 3.11. The molecule has 1 unspecified atom stereocenters. The van der Waals surface area contributed by atoms with Crippen molar-refractivity contribution in [3.8, 4) is 0 Å². The molecule has 0 saturated carbocycles. The molecule has 0 bridgehead atoms. The molecule has 0 aliphatic carbocycles. The molecule has 3 N–H and O–H groups in total. The maximum absolute atomic E-state index is 11.9. The van der Waals surface area contributed by atoms with Crippen molar-refractivity contribution in [2.75, 3.05) is 18.9 Å². The Morgan fingerprint density at radius 1 is 1.53 bits per heavy atom. The Kier molecular flexibility index (Phi) is 3.86. The molecule has 1 atom stereocenters. The summed E-state index contributed by atoms with van der Waals surface area (Å²) in [6, 6.07) is 4.97. The summed E-state index contributed by atoms with van der Waals surface area (Å²) in [6.45, 7) is 1.36. The Bertz CT molecular complexity index is 417. The van der Waals surface area contributed by atoms with Crippen LogP contribution in [0.4, 0.5) is 5.69 Å². The molecule has 4 nitrogen and oxygen atoms in total. The minimum absolute atomic E-state index is 0.0904. The van der Waals surface area contributed by atoms with Crippen LogP contribution in [0, 0.1) is 0 Å². The van der Waals surface area contributed by atoms with E-state index in [-0.39, 0.29) is 11.9 Å². The summed E-state index contributed by atoms with van der Waals surface area (Å²) in [5, 5.41) is 3.32. The van der Waals surface area contributed by atoms with Crippen molar-refractivity contribution in [3.05, 3.63) is 28.8 Å². The standard InChI is InChI=1S/C12H15ClN2O2/c13-10-6-8(3-4-11(10)14)12(16)15-9-2-1-5-17-7-9/h3-4,6,9H,1-2,5,7,14H2,(H,15,16). The van der Waals surface area contributed by atoms with Gasteiger partial charge in [-0.1, -0.05) is 11.6 Å². The van der Waals surface area contributed by atoms with E-state index in [1.807, 2.05) is 0 Å². The fourth-order valence-corrected chi connectivity index (χ4v) is 1.97. The lowest BCUT2D eigenvalue weighted by Crippen LogP contribution is -2.40. The van der Waals surface area contributed by atoms with Gasteiger partial charge < -0.3 is 15.8 Å². The number of benzene rings is 1. The lowest BCUT2D eigenvalue weighted by Gasteiger charge is -2.23. The van der Waals surface area contributed by atoms with Crippen molar-refractivity contribution in [3.63, 3.8) is 0 Å². The highest BCUT2D eigenvalue weighted by Crippen LogP contribution is 2.19. The number of ether oxygens (including phenoxy) is 1. The molecule has 1 aromatic carbocycles. The molecule has 1 aliphatic rings. The Labute approximate surface area is 105 Å². The highest BCUT2D eigenvalue weighted by molar-refractivity contribution is 6.33. The maximum Gasteiger partial charge on any atom is 0.251 e. The van der Waals surface area contributed by atoms with E-state index in [1.165, 1.54) is 0 Å². The van der Waals surface area contributed by atoms with Crippen molar-refractivity contribution >= 4 is 23.2 Å². The second-order valence-electron chi connectivity index (χ2n) is 4.12. The Balaban J connectivity index is 2.01. The van der Waals surface area contributed by atoms with E-state index >= 15 is 0 Å². The van der Waals surface area contributed by atoms with Gasteiger partial charge in [-0.05, 0) is 31.0 Å². The van der Waals surface area contributed by atoms with Crippen LogP contribution in [0.5, 0.6) is 0 Å². The van der Waals surface area contributed by atoms with Gasteiger partial charge in [0, 0.05) is 12.2 Å². The van der Waals surface area contributed by atoms with Crippen LogP contribution in [-0.4, -0.2) is 25.2 Å². The van der Waals surface area contributed by atoms with Gasteiger partial charge in [-0.15, -0.1) is 0 Å². The SMILES string of the molecule is Nc1ccc(C(=O)NC2CCCOC2)cc1Cl. The number of nitrogen functional groups attached to an aromatic ring is 1. The molecule has 1 aromatic rings. The van der Waals surface area contributed by atoms with Crippen molar-refractivity contribution in [2.45, 2.75) is 18.9 Å². The van der Waals surface area contributed by atoms with E-state index in [1.54, 1.807) is 18.2 Å². The van der Waals surface area contributed by atoms with E-state index in [4.69, 9.17) is 22.1 Å². The first kappa shape index (κ1) is 12.2. The van der Waals surface area contributed by atoms with Gasteiger partial charge in [0.05, 0.1) is 23.4 Å². The molecule has 1 aliphatic heterocycles. The number of carbonyl (C=O) groups is 1. The first-order valence-corrected chi connectivity index (χ1v) is 5.98. The molecule has 5 heteroatoms. The van der Waals surface area contributed by atoms with Gasteiger partial charge in [-0.3, -0.25) is 4.79 Å². The van der Waals surface area contributed by atoms with E-state index in [9.17, 15) is 4.79 Å². The number of carbonyl (C=O) groups excluding carboxylic acids is 1. The molecule has 1 fully saturated rings. The predicted molar refractivity (Wildman–Crippen MR) is 67.2 cm³/mol. The molecule has 0 radical (unpaired) electrons. The van der Waals surface area contributed by atoms with Crippen LogP contribution in [0.2, 0.25) is 5.02 Å². The highest BCUT2D eigenvalue weighted by atomic mass is 35.5. The molecule has 1 heterocycles. The van der Waals surface area contributed by atoms with Gasteiger partial charge in [0.25, 0.3) is 5.91 Å². The summed E-state index contributed by atoms with van der Waals surface area (Å²) >= 11 is 5.87. The molecule has 0 aromatic heterocycles. The van der Waals surface area contributed by atoms with Crippen LogP contribution in [0.25, 0.3) is 0 Å². The fourth-order valence-electron chi connectivity index (χ4n) is 1.79. The lowest BCUT2D eigenvalue weighted by atomic mass is 10.1. The largest absolute Gasteiger partial charge is 0.398 e. The Morgan fingerprint density at radius 2 is 2.35 bits per heavy atom. The first-order chi connectivity index (χ1) is 8.16. The average molecular weight is 255 g/mol. The van der Waals surface area contributed by atoms with Crippen LogP contribution in [0.3, 0.4) is 0 Å². The van der Waals surface area contributed by atoms with Gasteiger partial charge in [0.1, 0.15) is 0 Å². The van der Waals surface area contributed by atoms with Crippen molar-refractivity contribution < 1.29 is 9.53 Å². The molecule has 0 spiro atoms. The van der Waals surface area contributed by atoms with Gasteiger partial charge in [0.2, 0.25) is 0 Å². The van der Waals surface area contributed by atoms with Gasteiger partial charge in [0.15, 0.2) is 0 Å². The zero-order valence-electron chi connectivity index (χ0n) is 9.41. The Hall–Kier alpha value is -1.26. The molecule has 17 heavy (non-hydrogen) atoms. The summed E-state index contributed by atoms with van der Waals surface area (Å²) in [5.41, 5.74) is 6.59. The first-order valence-electron chi connectivity index (χ1n) is 5.60. The number of nitrogens with two attached hydrogens (primary N) is 1. The number of rotatable bonds is 2. The normalized spacial score (nSPS) is 19.9. The Morgan fingerprint density at radius 3 is 3.00 bits per heavy atom. The minimum atomic E-state index is -0.137. The summed E-state index contributed by atoms with van der Waals surface area (Å²) < 4.78 is 5.30. The number of amides is 1. The number of nitrogens with one attached hydrogen (secondary N) is 1. The number of hydrogen-bond acceptors (Lipinski definition) is 3. The average Bonchev–Trinajstić information content (AvgIpc) is 2.34. The van der Waals surface area contributed by atoms with Crippen molar-refractivity contribution in [2.24, 2.45) is 0 Å². The van der Waals surface area contributed by atoms with Gasteiger partial charge in [-0.25, -0.2) is 0 Å². The fraction of sp³-hybridized carbons (Fsp3) is 0.417. The zero-order chi connectivity index (χ0) is 12.3. The van der Waals surface area contributed by atoms with Crippen LogP contribution in [0.1, 0.15) is 23.2 Å². The third-order valence-corrected chi connectivity index (χ3v) is 3.09. The second kappa shape index (κ2) is 5.38. The van der Waals surface area contributed by atoms with Crippen LogP contribution >= 0.6 is 11.6 Å². The molecule has 1 saturated heterocycles. The predicted octanol–water partition coefficient (Wildman–Crippen LogP) is 1.83. The van der Waals surface area contributed by atoms with Crippen LogP contribution in [-0.2, 0) is 4.74 Å². The second-order valence-corrected chi connectivity index (χ2v) is 4.53. The summed E-state index contributed by atoms with van der Waals surface area (Å²) in [7, 11) is 0. The van der Waals surface area contributed by atoms with Crippen LogP contribution < -0.4 is 11.1 Å². The highest BCUT2D eigenvalue weighted by Gasteiger charge is 2.17. The minimum Gasteiger partial charge on any atom is -0.398 e. The van der Waals surface area contributed by atoms with E-state index in [0.29, 0.717) is 22.9 Å². The smallest absolute Gasteiger partial charge is 0.251 e. The van der Waals surface area contributed by atoms with E-state index in [0.717, 1.165) is 19.4 Å². The number of anilines is 1. The molecular formula is C12H15ClN2O2. The van der Waals surface area contributed by atoms with Crippen molar-refractivity contribution in [1.82, 2.24) is 5.32 Å². The van der Waals surface area contributed by atoms with E-state index in [2.05, 4.69) is 5.32 Å². The summed E-state index contributed by atoms with van der Waals surface area (Å²) in [6.07, 6.45) is 1.93. The molecule has 92 valence electrons. The topological polar surface area (TPSA) is 64.4 Å². The quantitative estimate of drug-likeness (QED) is 0.792. The maximum atomic E-state index is 11.9. The van der Waals surface area contributed by atoms with Crippen molar-refractivity contribution in [1.29, 1.82) is 0 Å². The summed E-state index contributed by atoms with van der Waals surface area (Å²) in [5.74, 6) is -0.137. The van der Waals surface area contributed by atoms with Crippen LogP contribution in [0.15, 0.2) is 18.2 Å². The molecular weight excluding hydrogens is 240 g/mol. The number of hydrogen-bond donors (Lipinski definition) is 2. The molecule has 2 rings (SSSR count). The number of halogens is 1. The summed E-state index contributed by atoms with van der Waals surface area (Å²) in [4.78, 5) is 11.9. The zero-order valence-corrected chi connectivity index (χ0v) is 10.2. The molecule has 1 amide bonds.